The fourth-order valence-corrected chi connectivity index (χ4v) is 1.64. The van der Waals surface area contributed by atoms with Crippen LogP contribution in [0, 0.1) is 0 Å². The highest BCUT2D eigenvalue weighted by molar-refractivity contribution is 5.82. The first-order chi connectivity index (χ1) is 11.1. The van der Waals surface area contributed by atoms with E-state index in [1.165, 1.54) is 6.92 Å². The molecule has 5 N–H and O–H groups in total. The molecule has 132 valence electrons. The Labute approximate surface area is 141 Å². The number of amides is 1. The maximum atomic E-state index is 12.0. The van der Waals surface area contributed by atoms with Crippen LogP contribution in [0.2, 0.25) is 0 Å². The van der Waals surface area contributed by atoms with Crippen molar-refractivity contribution in [1.82, 2.24) is 5.32 Å². The van der Waals surface area contributed by atoms with Crippen LogP contribution < -0.4 is 21.5 Å². The third kappa shape index (κ3) is 7.48. The standard InChI is InChI=1S/C16H24N4O4/c1-10(20-15(22)24-16(2,3)4)13(21)23-12-7-5-6-11(8-12)9-19-14(17)18/h5-8,10H,9H2,1-4H3,(H,20,22)(H4,17,18,19)/t10-/m1/s1. The fourth-order valence-electron chi connectivity index (χ4n) is 1.64. The van der Waals surface area contributed by atoms with Gasteiger partial charge in [0.15, 0.2) is 5.96 Å². The summed E-state index contributed by atoms with van der Waals surface area (Å²) in [5, 5.41) is 2.42. The zero-order valence-electron chi connectivity index (χ0n) is 14.3. The van der Waals surface area contributed by atoms with Gasteiger partial charge in [0, 0.05) is 0 Å². The van der Waals surface area contributed by atoms with E-state index in [0.717, 1.165) is 5.56 Å². The molecular formula is C16H24N4O4. The van der Waals surface area contributed by atoms with Gasteiger partial charge in [0.1, 0.15) is 17.4 Å². The van der Waals surface area contributed by atoms with Crippen LogP contribution in [0.15, 0.2) is 29.3 Å². The molecule has 0 unspecified atom stereocenters. The number of benzene rings is 1. The maximum Gasteiger partial charge on any atom is 0.408 e. The molecule has 1 aromatic carbocycles. The van der Waals surface area contributed by atoms with E-state index in [2.05, 4.69) is 10.3 Å². The molecule has 0 heterocycles. The van der Waals surface area contributed by atoms with Gasteiger partial charge in [-0.3, -0.25) is 0 Å². The second-order valence-corrected chi connectivity index (χ2v) is 6.18. The largest absolute Gasteiger partial charge is 0.444 e. The molecule has 1 atom stereocenters. The van der Waals surface area contributed by atoms with Crippen molar-refractivity contribution >= 4 is 18.0 Å². The minimum absolute atomic E-state index is 0.0208. The summed E-state index contributed by atoms with van der Waals surface area (Å²) in [4.78, 5) is 27.6. The maximum absolute atomic E-state index is 12.0. The van der Waals surface area contributed by atoms with E-state index in [-0.39, 0.29) is 12.5 Å². The van der Waals surface area contributed by atoms with Crippen LogP contribution in [0.5, 0.6) is 5.75 Å². The lowest BCUT2D eigenvalue weighted by molar-refractivity contribution is -0.136. The van der Waals surface area contributed by atoms with E-state index in [9.17, 15) is 9.59 Å². The summed E-state index contributed by atoms with van der Waals surface area (Å²) >= 11 is 0. The number of carbonyl (C=O) groups is 2. The van der Waals surface area contributed by atoms with Crippen LogP contribution in [0.25, 0.3) is 0 Å². The number of nitrogens with zero attached hydrogens (tertiary/aromatic N) is 1. The smallest absolute Gasteiger partial charge is 0.408 e. The molecule has 1 amide bonds. The van der Waals surface area contributed by atoms with Crippen LogP contribution >= 0.6 is 0 Å². The van der Waals surface area contributed by atoms with Crippen LogP contribution in [0.3, 0.4) is 0 Å². The Hall–Kier alpha value is -2.77. The van der Waals surface area contributed by atoms with Gasteiger partial charge in [-0.25, -0.2) is 14.6 Å². The zero-order valence-corrected chi connectivity index (χ0v) is 14.3. The number of rotatable bonds is 5. The lowest BCUT2D eigenvalue weighted by Gasteiger charge is -2.21. The monoisotopic (exact) mass is 336 g/mol. The first kappa shape index (κ1) is 19.3. The molecule has 0 saturated heterocycles. The molecule has 0 fully saturated rings. The molecule has 0 aliphatic heterocycles. The molecule has 1 aromatic rings. The normalized spacial score (nSPS) is 12.0. The molecule has 0 aliphatic carbocycles. The minimum Gasteiger partial charge on any atom is -0.444 e. The third-order valence-electron chi connectivity index (χ3n) is 2.65. The molecule has 0 radical (unpaired) electrons. The summed E-state index contributed by atoms with van der Waals surface area (Å²) < 4.78 is 10.3. The Morgan fingerprint density at radius 2 is 1.96 bits per heavy atom. The Morgan fingerprint density at radius 3 is 2.54 bits per heavy atom. The summed E-state index contributed by atoms with van der Waals surface area (Å²) in [7, 11) is 0. The highest BCUT2D eigenvalue weighted by Crippen LogP contribution is 2.15. The molecule has 1 rings (SSSR count). The van der Waals surface area contributed by atoms with Crippen molar-refractivity contribution in [2.24, 2.45) is 16.5 Å². The van der Waals surface area contributed by atoms with E-state index >= 15 is 0 Å². The van der Waals surface area contributed by atoms with Gasteiger partial charge < -0.3 is 26.3 Å². The minimum atomic E-state index is -0.860. The highest BCUT2D eigenvalue weighted by atomic mass is 16.6. The van der Waals surface area contributed by atoms with E-state index in [1.807, 2.05) is 0 Å². The quantitative estimate of drug-likeness (QED) is 0.321. The van der Waals surface area contributed by atoms with Gasteiger partial charge >= 0.3 is 12.1 Å². The second-order valence-electron chi connectivity index (χ2n) is 6.18. The number of carbonyl (C=O) groups excluding carboxylic acids is 2. The first-order valence-electron chi connectivity index (χ1n) is 7.42. The fraction of sp³-hybridized carbons (Fsp3) is 0.438. The number of hydrogen-bond acceptors (Lipinski definition) is 5. The van der Waals surface area contributed by atoms with Crippen LogP contribution in [-0.4, -0.2) is 29.7 Å². The second kappa shape index (κ2) is 8.19. The summed E-state index contributed by atoms with van der Waals surface area (Å²) in [6.45, 7) is 6.99. The van der Waals surface area contributed by atoms with Gasteiger partial charge in [0.05, 0.1) is 6.54 Å². The topological polar surface area (TPSA) is 129 Å². The molecule has 0 bridgehead atoms. The van der Waals surface area contributed by atoms with E-state index in [0.29, 0.717) is 5.75 Å². The molecule has 0 aliphatic rings. The highest BCUT2D eigenvalue weighted by Gasteiger charge is 2.22. The van der Waals surface area contributed by atoms with E-state index in [4.69, 9.17) is 20.9 Å². The van der Waals surface area contributed by atoms with Crippen molar-refractivity contribution in [3.63, 3.8) is 0 Å². The summed E-state index contributed by atoms with van der Waals surface area (Å²) in [5.41, 5.74) is 10.7. The number of ether oxygens (including phenoxy) is 2. The predicted molar refractivity (Wildman–Crippen MR) is 90.4 cm³/mol. The number of nitrogens with two attached hydrogens (primary N) is 2. The molecule has 0 saturated carbocycles. The zero-order chi connectivity index (χ0) is 18.3. The van der Waals surface area contributed by atoms with Crippen LogP contribution in [0.4, 0.5) is 4.79 Å². The first-order valence-corrected chi connectivity index (χ1v) is 7.42. The Balaban J connectivity index is 2.62. The van der Waals surface area contributed by atoms with Gasteiger partial charge in [-0.1, -0.05) is 12.1 Å². The van der Waals surface area contributed by atoms with Crippen LogP contribution in [-0.2, 0) is 16.1 Å². The lowest BCUT2D eigenvalue weighted by atomic mass is 10.2. The van der Waals surface area contributed by atoms with Crippen molar-refractivity contribution < 1.29 is 19.1 Å². The SMILES string of the molecule is C[C@@H](NC(=O)OC(C)(C)C)C(=O)Oc1cccc(CN=C(N)N)c1. The number of aliphatic imine (C=N–C) groups is 1. The van der Waals surface area contributed by atoms with Crippen molar-refractivity contribution in [3.05, 3.63) is 29.8 Å². The van der Waals surface area contributed by atoms with Crippen LogP contribution in [0.1, 0.15) is 33.3 Å². The van der Waals surface area contributed by atoms with Gasteiger partial charge in [-0.05, 0) is 45.4 Å². The average molecular weight is 336 g/mol. The summed E-state index contributed by atoms with van der Waals surface area (Å²) in [6, 6.07) is 5.92. The average Bonchev–Trinajstić information content (AvgIpc) is 2.43. The van der Waals surface area contributed by atoms with Crippen molar-refractivity contribution in [3.8, 4) is 5.75 Å². The molecule has 0 spiro atoms. The van der Waals surface area contributed by atoms with Crippen molar-refractivity contribution in [2.45, 2.75) is 45.9 Å². The predicted octanol–water partition coefficient (Wildman–Crippen LogP) is 1.28. The number of hydrogen-bond donors (Lipinski definition) is 3. The third-order valence-corrected chi connectivity index (χ3v) is 2.65. The lowest BCUT2D eigenvalue weighted by Crippen LogP contribution is -2.43. The Kier molecular flexibility index (Phi) is 6.58. The van der Waals surface area contributed by atoms with Gasteiger partial charge in [-0.2, -0.15) is 0 Å². The summed E-state index contributed by atoms with van der Waals surface area (Å²) in [5.74, 6) is -0.298. The molecular weight excluding hydrogens is 312 g/mol. The van der Waals surface area contributed by atoms with Crippen molar-refractivity contribution in [1.29, 1.82) is 0 Å². The Morgan fingerprint density at radius 1 is 1.29 bits per heavy atom. The molecule has 8 nitrogen and oxygen atoms in total. The number of alkyl carbamates (subject to hydrolysis) is 1. The number of guanidine groups is 1. The van der Waals surface area contributed by atoms with E-state index in [1.54, 1.807) is 45.0 Å². The van der Waals surface area contributed by atoms with Gasteiger partial charge in [-0.15, -0.1) is 0 Å². The number of nitrogens with one attached hydrogen (secondary N) is 1. The van der Waals surface area contributed by atoms with E-state index < -0.39 is 23.7 Å². The summed E-state index contributed by atoms with van der Waals surface area (Å²) in [6.07, 6.45) is -0.687. The molecule has 8 heteroatoms. The van der Waals surface area contributed by atoms with Crippen molar-refractivity contribution in [2.75, 3.05) is 0 Å². The van der Waals surface area contributed by atoms with Gasteiger partial charge in [0.2, 0.25) is 0 Å². The van der Waals surface area contributed by atoms with Gasteiger partial charge in [0.25, 0.3) is 0 Å². The molecule has 24 heavy (non-hydrogen) atoms. The Bertz CT molecular complexity index is 619. The molecule has 0 aromatic heterocycles. The number of esters is 1.